The molecule has 0 spiro atoms. The number of hydrogen-bond acceptors (Lipinski definition) is 2. The number of rotatable bonds is 5. The van der Waals surface area contributed by atoms with Crippen molar-refractivity contribution in [2.45, 2.75) is 19.8 Å². The zero-order chi connectivity index (χ0) is 16.1. The van der Waals surface area contributed by atoms with Gasteiger partial charge in [0.2, 0.25) is 5.91 Å². The Hall–Kier alpha value is -2.88. The van der Waals surface area contributed by atoms with Gasteiger partial charge in [-0.2, -0.15) is 0 Å². The Morgan fingerprint density at radius 2 is 1.83 bits per heavy atom. The first-order valence-corrected chi connectivity index (χ1v) is 7.65. The maximum Gasteiger partial charge on any atom is 0.224 e. The second-order valence-corrected chi connectivity index (χ2v) is 5.58. The standard InChI is InChI=1S/C19H19N3O/c1-14-2-4-15(5-3-14)6-11-19(23)22-17-9-7-16(8-10-17)18-12-20-13-21-18/h2-5,7-10,12-13H,6,11H2,1H3,(H,20,21)(H,22,23). The van der Waals surface area contributed by atoms with E-state index in [1.807, 2.05) is 24.3 Å². The molecule has 2 aromatic carbocycles. The number of carbonyl (C=O) groups is 1. The summed E-state index contributed by atoms with van der Waals surface area (Å²) in [4.78, 5) is 19.1. The van der Waals surface area contributed by atoms with E-state index in [4.69, 9.17) is 0 Å². The summed E-state index contributed by atoms with van der Waals surface area (Å²) in [5.41, 5.74) is 5.22. The number of nitrogens with zero attached hydrogens (tertiary/aromatic N) is 1. The number of H-pyrrole nitrogens is 1. The van der Waals surface area contributed by atoms with Crippen LogP contribution < -0.4 is 5.32 Å². The minimum Gasteiger partial charge on any atom is -0.345 e. The summed E-state index contributed by atoms with van der Waals surface area (Å²) in [6.45, 7) is 2.06. The molecule has 1 amide bonds. The Labute approximate surface area is 135 Å². The zero-order valence-corrected chi connectivity index (χ0v) is 13.0. The first-order chi connectivity index (χ1) is 11.2. The third kappa shape index (κ3) is 4.07. The van der Waals surface area contributed by atoms with Gasteiger partial charge >= 0.3 is 0 Å². The lowest BCUT2D eigenvalue weighted by Crippen LogP contribution is -2.12. The largest absolute Gasteiger partial charge is 0.345 e. The van der Waals surface area contributed by atoms with Crippen molar-refractivity contribution in [2.75, 3.05) is 5.32 Å². The van der Waals surface area contributed by atoms with Crippen molar-refractivity contribution in [1.29, 1.82) is 0 Å². The number of amides is 1. The van der Waals surface area contributed by atoms with E-state index in [1.54, 1.807) is 12.5 Å². The average molecular weight is 305 g/mol. The van der Waals surface area contributed by atoms with Crippen molar-refractivity contribution in [3.63, 3.8) is 0 Å². The van der Waals surface area contributed by atoms with Crippen molar-refractivity contribution >= 4 is 11.6 Å². The fourth-order valence-electron chi connectivity index (χ4n) is 2.38. The van der Waals surface area contributed by atoms with Crippen LogP contribution in [0.2, 0.25) is 0 Å². The summed E-state index contributed by atoms with van der Waals surface area (Å²) in [5.74, 6) is 0.0277. The number of carbonyl (C=O) groups excluding carboxylic acids is 1. The van der Waals surface area contributed by atoms with E-state index in [2.05, 4.69) is 46.5 Å². The molecule has 2 N–H and O–H groups in total. The summed E-state index contributed by atoms with van der Waals surface area (Å²) in [6, 6.07) is 16.0. The fraction of sp³-hybridized carbons (Fsp3) is 0.158. The summed E-state index contributed by atoms with van der Waals surface area (Å²) in [5, 5.41) is 2.93. The van der Waals surface area contributed by atoms with E-state index in [-0.39, 0.29) is 5.91 Å². The van der Waals surface area contributed by atoms with E-state index in [1.165, 1.54) is 11.1 Å². The molecule has 0 fully saturated rings. The highest BCUT2D eigenvalue weighted by molar-refractivity contribution is 5.91. The van der Waals surface area contributed by atoms with Crippen molar-refractivity contribution in [2.24, 2.45) is 0 Å². The van der Waals surface area contributed by atoms with E-state index in [0.29, 0.717) is 6.42 Å². The molecule has 1 heterocycles. The van der Waals surface area contributed by atoms with Gasteiger partial charge < -0.3 is 10.3 Å². The van der Waals surface area contributed by atoms with E-state index < -0.39 is 0 Å². The van der Waals surface area contributed by atoms with Crippen LogP contribution in [-0.4, -0.2) is 15.9 Å². The van der Waals surface area contributed by atoms with Gasteiger partial charge in [0.05, 0.1) is 18.2 Å². The summed E-state index contributed by atoms with van der Waals surface area (Å²) in [6.07, 6.45) is 4.65. The molecule has 0 saturated heterocycles. The summed E-state index contributed by atoms with van der Waals surface area (Å²) >= 11 is 0. The zero-order valence-electron chi connectivity index (χ0n) is 13.0. The van der Waals surface area contributed by atoms with Crippen molar-refractivity contribution in [3.8, 4) is 11.3 Å². The fourth-order valence-corrected chi connectivity index (χ4v) is 2.38. The Balaban J connectivity index is 1.54. The molecule has 0 aliphatic rings. The number of aryl methyl sites for hydroxylation is 2. The molecular weight excluding hydrogens is 286 g/mol. The predicted octanol–water partition coefficient (Wildman–Crippen LogP) is 3.96. The van der Waals surface area contributed by atoms with Gasteiger partial charge in [-0.3, -0.25) is 4.79 Å². The molecule has 4 heteroatoms. The molecule has 0 radical (unpaired) electrons. The maximum absolute atomic E-state index is 12.0. The second-order valence-electron chi connectivity index (χ2n) is 5.58. The quantitative estimate of drug-likeness (QED) is 0.749. The lowest BCUT2D eigenvalue weighted by molar-refractivity contribution is -0.116. The van der Waals surface area contributed by atoms with Gasteiger partial charge in [-0.25, -0.2) is 4.98 Å². The topological polar surface area (TPSA) is 57.8 Å². The molecule has 23 heavy (non-hydrogen) atoms. The monoisotopic (exact) mass is 305 g/mol. The normalized spacial score (nSPS) is 10.5. The molecule has 3 rings (SSSR count). The van der Waals surface area contributed by atoms with E-state index in [0.717, 1.165) is 23.4 Å². The van der Waals surface area contributed by atoms with Gasteiger partial charge in [-0.05, 0) is 36.6 Å². The van der Waals surface area contributed by atoms with Gasteiger partial charge in [-0.15, -0.1) is 0 Å². The van der Waals surface area contributed by atoms with E-state index in [9.17, 15) is 4.79 Å². The number of benzene rings is 2. The highest BCUT2D eigenvalue weighted by atomic mass is 16.1. The minimum atomic E-state index is 0.0277. The summed E-state index contributed by atoms with van der Waals surface area (Å²) in [7, 11) is 0. The minimum absolute atomic E-state index is 0.0277. The Morgan fingerprint density at radius 1 is 1.09 bits per heavy atom. The summed E-state index contributed by atoms with van der Waals surface area (Å²) < 4.78 is 0. The Bertz CT molecular complexity index is 759. The van der Waals surface area contributed by atoms with Gasteiger partial charge in [0.15, 0.2) is 0 Å². The van der Waals surface area contributed by atoms with Crippen LogP contribution in [0.1, 0.15) is 17.5 Å². The van der Waals surface area contributed by atoms with Crippen LogP contribution >= 0.6 is 0 Å². The van der Waals surface area contributed by atoms with Gasteiger partial charge in [0.1, 0.15) is 0 Å². The Morgan fingerprint density at radius 3 is 2.48 bits per heavy atom. The molecule has 1 aromatic heterocycles. The lowest BCUT2D eigenvalue weighted by Gasteiger charge is -2.06. The van der Waals surface area contributed by atoms with Crippen molar-refractivity contribution in [1.82, 2.24) is 9.97 Å². The van der Waals surface area contributed by atoms with Gasteiger partial charge in [0.25, 0.3) is 0 Å². The van der Waals surface area contributed by atoms with Crippen LogP contribution in [0.4, 0.5) is 5.69 Å². The molecule has 0 atom stereocenters. The smallest absolute Gasteiger partial charge is 0.224 e. The molecule has 0 unspecified atom stereocenters. The SMILES string of the molecule is Cc1ccc(CCC(=O)Nc2ccc(-c3cnc[nH]3)cc2)cc1. The van der Waals surface area contributed by atoms with E-state index >= 15 is 0 Å². The van der Waals surface area contributed by atoms with Crippen LogP contribution in [0, 0.1) is 6.92 Å². The molecule has 3 aromatic rings. The molecule has 116 valence electrons. The predicted molar refractivity (Wildman–Crippen MR) is 92.2 cm³/mol. The van der Waals surface area contributed by atoms with Crippen LogP contribution in [0.3, 0.4) is 0 Å². The first-order valence-electron chi connectivity index (χ1n) is 7.65. The second kappa shape index (κ2) is 6.92. The van der Waals surface area contributed by atoms with Crippen molar-refractivity contribution < 1.29 is 4.79 Å². The highest BCUT2D eigenvalue weighted by Crippen LogP contribution is 2.19. The number of aromatic amines is 1. The molecule has 0 aliphatic heterocycles. The van der Waals surface area contributed by atoms with Crippen molar-refractivity contribution in [3.05, 3.63) is 72.2 Å². The van der Waals surface area contributed by atoms with Crippen LogP contribution in [0.5, 0.6) is 0 Å². The van der Waals surface area contributed by atoms with Gasteiger partial charge in [0, 0.05) is 12.1 Å². The highest BCUT2D eigenvalue weighted by Gasteiger charge is 2.04. The average Bonchev–Trinajstić information content (AvgIpc) is 3.09. The number of anilines is 1. The third-order valence-corrected chi connectivity index (χ3v) is 3.74. The number of imidazole rings is 1. The maximum atomic E-state index is 12.0. The molecule has 0 saturated carbocycles. The number of hydrogen-bond donors (Lipinski definition) is 2. The van der Waals surface area contributed by atoms with Crippen LogP contribution in [0.25, 0.3) is 11.3 Å². The van der Waals surface area contributed by atoms with Gasteiger partial charge in [-0.1, -0.05) is 42.0 Å². The number of nitrogens with one attached hydrogen (secondary N) is 2. The first kappa shape index (κ1) is 15.0. The number of aromatic nitrogens is 2. The van der Waals surface area contributed by atoms with Crippen LogP contribution in [-0.2, 0) is 11.2 Å². The molecule has 0 aliphatic carbocycles. The molecular formula is C19H19N3O. The third-order valence-electron chi connectivity index (χ3n) is 3.74. The molecule has 4 nitrogen and oxygen atoms in total. The van der Waals surface area contributed by atoms with Crippen LogP contribution in [0.15, 0.2) is 61.1 Å². The molecule has 0 bridgehead atoms. The lowest BCUT2D eigenvalue weighted by atomic mass is 10.1. The Kier molecular flexibility index (Phi) is 4.52.